The van der Waals surface area contributed by atoms with Gasteiger partial charge < -0.3 is 22.7 Å². The zero-order valence-electron chi connectivity index (χ0n) is 20.3. The van der Waals surface area contributed by atoms with Gasteiger partial charge >= 0.3 is 68.9 Å². The quantitative estimate of drug-likeness (QED) is 0.286. The molecule has 0 radical (unpaired) electrons. The number of hydrogen-bond donors (Lipinski definition) is 3. The standard InChI is InChI=1S/C18H16N6S.C5H9NO2.CH3.Cs/c1-12(14-9-20-21-10-14)22-18-19-8-7-15(24-18)16-11-25-17(23-16)13-5-3-2-4-6-13;1-6-3-2-4(7)5(6)8;;/h2-12H,1H3,(H,20,21)(H,19,22,24);4,7H,2-3H2,1H3;1H3;/q;;-1;+1. The number of likely N-dealkylation sites (tertiary alicyclic amines) is 1. The van der Waals surface area contributed by atoms with Crippen molar-refractivity contribution in [2.24, 2.45) is 0 Å². The Morgan fingerprint density at radius 3 is 2.57 bits per heavy atom. The molecule has 0 bridgehead atoms. The van der Waals surface area contributed by atoms with Crippen LogP contribution < -0.4 is 74.2 Å². The molecule has 3 aromatic heterocycles. The molecule has 1 aromatic carbocycles. The Morgan fingerprint density at radius 2 is 1.97 bits per heavy atom. The van der Waals surface area contributed by atoms with Gasteiger partial charge in [0.2, 0.25) is 5.95 Å². The molecule has 1 aliphatic rings. The van der Waals surface area contributed by atoms with E-state index in [1.807, 2.05) is 42.8 Å². The third-order valence-corrected chi connectivity index (χ3v) is 6.10. The van der Waals surface area contributed by atoms with Crippen LogP contribution in [0.5, 0.6) is 0 Å². The Balaban J connectivity index is 0.000000372. The fourth-order valence-electron chi connectivity index (χ4n) is 3.25. The Morgan fingerprint density at radius 1 is 1.20 bits per heavy atom. The minimum atomic E-state index is -0.722. The summed E-state index contributed by atoms with van der Waals surface area (Å²) in [6.45, 7) is 2.73. The van der Waals surface area contributed by atoms with E-state index in [0.717, 1.165) is 27.5 Å². The average molecular weight is 612 g/mol. The van der Waals surface area contributed by atoms with E-state index >= 15 is 0 Å². The van der Waals surface area contributed by atoms with Gasteiger partial charge in [0.1, 0.15) is 16.8 Å². The van der Waals surface area contributed by atoms with Crippen LogP contribution in [0, 0.1) is 7.43 Å². The van der Waals surface area contributed by atoms with Gasteiger partial charge in [0, 0.05) is 42.5 Å². The van der Waals surface area contributed by atoms with Crippen LogP contribution in [0.25, 0.3) is 22.0 Å². The fraction of sp³-hybridized carbons (Fsp3) is 0.250. The van der Waals surface area contributed by atoms with Gasteiger partial charge in [-0.1, -0.05) is 30.3 Å². The number of likely N-dealkylation sites (N-methyl/N-ethyl adjacent to an activating group) is 1. The smallest absolute Gasteiger partial charge is 0.383 e. The molecule has 4 aromatic rings. The summed E-state index contributed by atoms with van der Waals surface area (Å²) in [5, 5.41) is 21.8. The number of carbonyl (C=O) groups excluding carboxylic acids is 1. The van der Waals surface area contributed by atoms with Crippen LogP contribution >= 0.6 is 11.3 Å². The molecule has 11 heteroatoms. The van der Waals surface area contributed by atoms with Crippen LogP contribution in [0.3, 0.4) is 0 Å². The van der Waals surface area contributed by atoms with Crippen molar-refractivity contribution in [3.63, 3.8) is 0 Å². The summed E-state index contributed by atoms with van der Waals surface area (Å²) in [6.07, 6.45) is 5.26. The number of nitrogens with zero attached hydrogens (tertiary/aromatic N) is 5. The second-order valence-electron chi connectivity index (χ2n) is 7.63. The number of thiazole rings is 1. The molecule has 1 amide bonds. The van der Waals surface area contributed by atoms with E-state index in [4.69, 9.17) is 10.1 Å². The van der Waals surface area contributed by atoms with Gasteiger partial charge in [-0.2, -0.15) is 5.10 Å². The predicted molar refractivity (Wildman–Crippen MR) is 134 cm³/mol. The second-order valence-corrected chi connectivity index (χ2v) is 8.49. The fourth-order valence-corrected chi connectivity index (χ4v) is 4.07. The summed E-state index contributed by atoms with van der Waals surface area (Å²) in [6, 6.07) is 12.1. The first-order chi connectivity index (χ1) is 16.0. The monoisotopic (exact) mass is 611 g/mol. The maximum Gasteiger partial charge on any atom is 1.00 e. The van der Waals surface area contributed by atoms with Gasteiger partial charge in [0.25, 0.3) is 5.91 Å². The number of anilines is 1. The zero-order valence-corrected chi connectivity index (χ0v) is 27.4. The van der Waals surface area contributed by atoms with Crippen molar-refractivity contribution in [2.75, 3.05) is 18.9 Å². The van der Waals surface area contributed by atoms with Gasteiger partial charge in [0.15, 0.2) is 0 Å². The maximum atomic E-state index is 10.6. The summed E-state index contributed by atoms with van der Waals surface area (Å²) >= 11 is 1.61. The summed E-state index contributed by atoms with van der Waals surface area (Å²) in [5.41, 5.74) is 3.81. The van der Waals surface area contributed by atoms with Gasteiger partial charge in [-0.15, -0.1) is 11.3 Å². The van der Waals surface area contributed by atoms with Crippen LogP contribution in [-0.2, 0) is 4.79 Å². The number of rotatable bonds is 5. The first-order valence-corrected chi connectivity index (χ1v) is 11.4. The van der Waals surface area contributed by atoms with Crippen LogP contribution in [0.1, 0.15) is 24.9 Å². The molecule has 178 valence electrons. The minimum absolute atomic E-state index is 0. The molecule has 9 nitrogen and oxygen atoms in total. The number of nitrogens with one attached hydrogen (secondary N) is 2. The number of aromatic nitrogens is 5. The summed E-state index contributed by atoms with van der Waals surface area (Å²) in [7, 11) is 1.69. The zero-order chi connectivity index (χ0) is 23.2. The number of benzene rings is 1. The van der Waals surface area contributed by atoms with Crippen LogP contribution in [-0.4, -0.2) is 60.8 Å². The van der Waals surface area contributed by atoms with Crippen molar-refractivity contribution in [3.8, 4) is 22.0 Å². The van der Waals surface area contributed by atoms with Crippen molar-refractivity contribution < 1.29 is 78.8 Å². The van der Waals surface area contributed by atoms with Crippen molar-refractivity contribution in [2.45, 2.75) is 25.5 Å². The molecule has 1 saturated heterocycles. The minimum Gasteiger partial charge on any atom is -0.383 e. The molecule has 0 spiro atoms. The van der Waals surface area contributed by atoms with E-state index in [-0.39, 0.29) is 88.3 Å². The number of H-pyrrole nitrogens is 1. The first-order valence-electron chi connectivity index (χ1n) is 10.5. The number of carbonyl (C=O) groups is 1. The Kier molecular flexibility index (Phi) is 12.1. The molecule has 3 N–H and O–H groups in total. The molecule has 0 aliphatic carbocycles. The molecule has 2 unspecified atom stereocenters. The van der Waals surface area contributed by atoms with Crippen LogP contribution in [0.2, 0.25) is 0 Å². The molecule has 2 atom stereocenters. The van der Waals surface area contributed by atoms with E-state index in [2.05, 4.69) is 37.6 Å². The Bertz CT molecular complexity index is 1180. The molecule has 35 heavy (non-hydrogen) atoms. The van der Waals surface area contributed by atoms with E-state index in [1.54, 1.807) is 30.8 Å². The van der Waals surface area contributed by atoms with Gasteiger partial charge in [-0.25, -0.2) is 15.0 Å². The van der Waals surface area contributed by atoms with Gasteiger partial charge in [0.05, 0.1) is 17.9 Å². The summed E-state index contributed by atoms with van der Waals surface area (Å²) in [5.74, 6) is 0.422. The van der Waals surface area contributed by atoms with Crippen molar-refractivity contribution in [3.05, 3.63) is 73.4 Å². The third-order valence-electron chi connectivity index (χ3n) is 5.21. The molecule has 0 saturated carbocycles. The van der Waals surface area contributed by atoms with Crippen LogP contribution in [0.4, 0.5) is 5.95 Å². The molecule has 5 rings (SSSR count). The topological polar surface area (TPSA) is 120 Å². The number of aliphatic hydroxyl groups is 1. The summed E-state index contributed by atoms with van der Waals surface area (Å²) in [4.78, 5) is 25.7. The second kappa shape index (κ2) is 14.2. The van der Waals surface area contributed by atoms with Gasteiger partial charge in [-0.3, -0.25) is 9.89 Å². The van der Waals surface area contributed by atoms with Crippen LogP contribution in [0.15, 0.2) is 60.4 Å². The van der Waals surface area contributed by atoms with Gasteiger partial charge in [-0.05, 0) is 19.4 Å². The normalized spacial score (nSPS) is 15.3. The maximum absolute atomic E-state index is 10.6. The molecular weight excluding hydrogens is 583 g/mol. The predicted octanol–water partition coefficient (Wildman–Crippen LogP) is 0.827. The molecular formula is C24H28CsN7O2S. The molecule has 4 heterocycles. The SMILES string of the molecule is CC(Nc1nccc(-c2csc(-c3ccccc3)n2)n1)c1cn[nH]c1.CN1CCC(O)C1=O.[CH3-].[Cs+]. The van der Waals surface area contributed by atoms with E-state index in [9.17, 15) is 4.79 Å². The molecule has 1 aliphatic heterocycles. The molecule has 1 fully saturated rings. The number of aliphatic hydroxyl groups excluding tert-OH is 1. The van der Waals surface area contributed by atoms with E-state index in [1.165, 1.54) is 4.90 Å². The van der Waals surface area contributed by atoms with E-state index in [0.29, 0.717) is 18.9 Å². The number of amides is 1. The van der Waals surface area contributed by atoms with E-state index < -0.39 is 6.10 Å². The van der Waals surface area contributed by atoms with Crippen molar-refractivity contribution in [1.82, 2.24) is 30.0 Å². The third kappa shape index (κ3) is 7.95. The van der Waals surface area contributed by atoms with Crippen molar-refractivity contribution in [1.29, 1.82) is 0 Å². The number of hydrogen-bond acceptors (Lipinski definition) is 8. The Labute approximate surface area is 268 Å². The Hall–Kier alpha value is -1.58. The largest absolute Gasteiger partial charge is 1.00 e. The van der Waals surface area contributed by atoms with Crippen molar-refractivity contribution >= 4 is 23.2 Å². The summed E-state index contributed by atoms with van der Waals surface area (Å²) < 4.78 is 0. The number of aromatic amines is 1. The first kappa shape index (κ1) is 29.7. The average Bonchev–Trinajstić information content (AvgIpc) is 3.60.